The quantitative estimate of drug-likeness (QED) is 0.574. The Hall–Kier alpha value is -0.120. The largest absolute Gasteiger partial charge is 0.307 e. The van der Waals surface area contributed by atoms with Gasteiger partial charge in [-0.25, -0.2) is 0 Å². The molecule has 0 saturated carbocycles. The monoisotopic (exact) mass is 280 g/mol. The zero-order valence-corrected chi connectivity index (χ0v) is 14.0. The fraction of sp³-hybridized carbons (Fsp3) is 1.00. The third kappa shape index (κ3) is 2.77. The number of piperidine rings is 1. The van der Waals surface area contributed by atoms with Gasteiger partial charge in [-0.05, 0) is 59.5 Å². The highest BCUT2D eigenvalue weighted by Gasteiger charge is 2.59. The lowest BCUT2D eigenvalue weighted by Gasteiger charge is -2.39. The molecule has 0 aromatic rings. The average molecular weight is 280 g/mol. The zero-order valence-electron chi connectivity index (χ0n) is 14.0. The predicted molar refractivity (Wildman–Crippen MR) is 84.8 cm³/mol. The minimum Gasteiger partial charge on any atom is -0.307 e. The second kappa shape index (κ2) is 5.58. The molecule has 20 heavy (non-hydrogen) atoms. The normalized spacial score (nSPS) is 36.6. The van der Waals surface area contributed by atoms with E-state index in [0.717, 1.165) is 24.0 Å². The summed E-state index contributed by atoms with van der Waals surface area (Å²) in [6.07, 6.45) is 2.84. The number of rotatable bonds is 4. The summed E-state index contributed by atoms with van der Waals surface area (Å²) < 4.78 is 1.43. The average Bonchev–Trinajstić information content (AvgIpc) is 3.14. The van der Waals surface area contributed by atoms with Crippen molar-refractivity contribution in [1.82, 2.24) is 9.80 Å². The topological polar surface area (TPSA) is 6.48 Å². The van der Waals surface area contributed by atoms with Gasteiger partial charge in [0.05, 0.1) is 19.1 Å². The van der Waals surface area contributed by atoms with Crippen LogP contribution in [0.2, 0.25) is 0 Å². The summed E-state index contributed by atoms with van der Waals surface area (Å²) in [4.78, 5) is 5.43. The molecule has 0 spiro atoms. The van der Waals surface area contributed by atoms with Crippen LogP contribution in [0.4, 0.5) is 0 Å². The Kier molecular flexibility index (Phi) is 4.13. The van der Waals surface area contributed by atoms with Gasteiger partial charge in [-0.2, -0.15) is 0 Å². The van der Waals surface area contributed by atoms with E-state index in [1.165, 1.54) is 63.1 Å². The molecule has 0 bridgehead atoms. The lowest BCUT2D eigenvalue weighted by Crippen LogP contribution is -2.51. The molecule has 116 valence electrons. The first-order valence-electron chi connectivity index (χ1n) is 8.84. The van der Waals surface area contributed by atoms with Crippen molar-refractivity contribution in [3.05, 3.63) is 0 Å². The van der Waals surface area contributed by atoms with Crippen LogP contribution in [0.15, 0.2) is 0 Å². The molecule has 3 heteroatoms. The van der Waals surface area contributed by atoms with E-state index in [4.69, 9.17) is 0 Å². The number of likely N-dealkylation sites (tertiary alicyclic amines) is 1. The summed E-state index contributed by atoms with van der Waals surface area (Å²) in [7, 11) is 0. The van der Waals surface area contributed by atoms with Crippen molar-refractivity contribution >= 4 is 0 Å². The molecule has 3 fully saturated rings. The van der Waals surface area contributed by atoms with Gasteiger partial charge in [0.25, 0.3) is 0 Å². The van der Waals surface area contributed by atoms with Crippen molar-refractivity contribution in [3.8, 4) is 0 Å². The smallest absolute Gasteiger partial charge is 0.152 e. The fourth-order valence-electron chi connectivity index (χ4n) is 4.63. The van der Waals surface area contributed by atoms with Crippen molar-refractivity contribution in [2.75, 3.05) is 45.8 Å². The summed E-state index contributed by atoms with van der Waals surface area (Å²) in [6, 6.07) is 2.55. The van der Waals surface area contributed by atoms with E-state index in [-0.39, 0.29) is 0 Å². The fourth-order valence-corrected chi connectivity index (χ4v) is 4.63. The van der Waals surface area contributed by atoms with Gasteiger partial charge in [0, 0.05) is 19.1 Å². The molecule has 0 aromatic heterocycles. The SMILES string of the molecule is CC(C)N1CCC(CN2CC[N+]3(C(C)C)CC3C2)CC1. The number of nitrogens with zero attached hydrogens (tertiary/aromatic N) is 3. The Morgan fingerprint density at radius 1 is 1.05 bits per heavy atom. The highest BCUT2D eigenvalue weighted by molar-refractivity contribution is 4.87. The highest BCUT2D eigenvalue weighted by Crippen LogP contribution is 2.38. The highest BCUT2D eigenvalue weighted by atomic mass is 15.6. The minimum atomic E-state index is 0.737. The first kappa shape index (κ1) is 14.8. The van der Waals surface area contributed by atoms with Gasteiger partial charge >= 0.3 is 0 Å². The Morgan fingerprint density at radius 2 is 1.75 bits per heavy atom. The van der Waals surface area contributed by atoms with Crippen molar-refractivity contribution in [3.63, 3.8) is 0 Å². The second-order valence-corrected chi connectivity index (χ2v) is 8.09. The molecule has 3 heterocycles. The Morgan fingerprint density at radius 3 is 2.30 bits per heavy atom. The number of piperazine rings is 1. The van der Waals surface area contributed by atoms with Crippen LogP contribution in [0.25, 0.3) is 0 Å². The molecule has 0 aromatic carbocycles. The molecule has 3 rings (SSSR count). The van der Waals surface area contributed by atoms with Crippen molar-refractivity contribution in [2.45, 2.75) is 58.7 Å². The number of fused-ring (bicyclic) bond motifs is 1. The predicted octanol–water partition coefficient (Wildman–Crippen LogP) is 2.03. The van der Waals surface area contributed by atoms with Crippen LogP contribution in [-0.4, -0.2) is 78.2 Å². The van der Waals surface area contributed by atoms with Gasteiger partial charge in [0.2, 0.25) is 0 Å². The van der Waals surface area contributed by atoms with Crippen molar-refractivity contribution in [2.24, 2.45) is 5.92 Å². The Bertz CT molecular complexity index is 333. The van der Waals surface area contributed by atoms with Crippen LogP contribution in [0.3, 0.4) is 0 Å². The third-order valence-electron chi connectivity index (χ3n) is 6.37. The molecule has 3 saturated heterocycles. The maximum Gasteiger partial charge on any atom is 0.152 e. The van der Waals surface area contributed by atoms with E-state index in [1.54, 1.807) is 0 Å². The minimum absolute atomic E-state index is 0.737. The first-order chi connectivity index (χ1) is 9.51. The molecule has 2 atom stereocenters. The molecule has 3 nitrogen and oxygen atoms in total. The van der Waals surface area contributed by atoms with Gasteiger partial charge in [0.15, 0.2) is 6.04 Å². The molecular formula is C17H34N3+. The van der Waals surface area contributed by atoms with Crippen LogP contribution in [0, 0.1) is 5.92 Å². The third-order valence-corrected chi connectivity index (χ3v) is 6.37. The van der Waals surface area contributed by atoms with E-state index < -0.39 is 0 Å². The lowest BCUT2D eigenvalue weighted by molar-refractivity contribution is -0.840. The van der Waals surface area contributed by atoms with Gasteiger partial charge in [-0.3, -0.25) is 4.90 Å². The van der Waals surface area contributed by atoms with E-state index in [1.807, 2.05) is 0 Å². The van der Waals surface area contributed by atoms with E-state index >= 15 is 0 Å². The maximum absolute atomic E-state index is 2.78. The number of quaternary nitrogens is 1. The van der Waals surface area contributed by atoms with E-state index in [9.17, 15) is 0 Å². The summed E-state index contributed by atoms with van der Waals surface area (Å²) in [5.74, 6) is 0.961. The standard InChI is InChI=1S/C17H34N3/c1-14(2)19-7-5-16(6-8-19)11-18-9-10-20(15(3)4)13-17(20)12-18/h14-17H,5-13H2,1-4H3/q+1. The van der Waals surface area contributed by atoms with E-state index in [0.29, 0.717) is 0 Å². The first-order valence-corrected chi connectivity index (χ1v) is 8.84. The molecule has 0 amide bonds. The van der Waals surface area contributed by atoms with Gasteiger partial charge in [0.1, 0.15) is 6.54 Å². The maximum atomic E-state index is 2.78. The summed E-state index contributed by atoms with van der Waals surface area (Å²) >= 11 is 0. The summed E-state index contributed by atoms with van der Waals surface area (Å²) in [5, 5.41) is 0. The van der Waals surface area contributed by atoms with Crippen LogP contribution in [0.5, 0.6) is 0 Å². The van der Waals surface area contributed by atoms with Crippen molar-refractivity contribution < 1.29 is 4.48 Å². The van der Waals surface area contributed by atoms with Crippen molar-refractivity contribution in [1.29, 1.82) is 0 Å². The Labute approximate surface area is 125 Å². The molecule has 3 aliphatic heterocycles. The second-order valence-electron chi connectivity index (χ2n) is 8.09. The van der Waals surface area contributed by atoms with Crippen LogP contribution >= 0.6 is 0 Å². The number of hydrogen-bond acceptors (Lipinski definition) is 2. The Balaban J connectivity index is 1.43. The lowest BCUT2D eigenvalue weighted by atomic mass is 9.95. The van der Waals surface area contributed by atoms with Crippen LogP contribution < -0.4 is 0 Å². The summed E-state index contributed by atoms with van der Waals surface area (Å²) in [6.45, 7) is 19.1. The van der Waals surface area contributed by atoms with Gasteiger partial charge in [-0.1, -0.05) is 0 Å². The number of hydrogen-bond donors (Lipinski definition) is 0. The molecular weight excluding hydrogens is 246 g/mol. The molecule has 3 aliphatic rings. The van der Waals surface area contributed by atoms with Crippen LogP contribution in [-0.2, 0) is 0 Å². The molecule has 0 aliphatic carbocycles. The molecule has 2 unspecified atom stereocenters. The van der Waals surface area contributed by atoms with Gasteiger partial charge in [-0.15, -0.1) is 0 Å². The molecule has 0 N–H and O–H groups in total. The van der Waals surface area contributed by atoms with E-state index in [2.05, 4.69) is 37.5 Å². The zero-order chi connectivity index (χ0) is 14.3. The van der Waals surface area contributed by atoms with Crippen LogP contribution in [0.1, 0.15) is 40.5 Å². The van der Waals surface area contributed by atoms with Gasteiger partial charge < -0.3 is 9.38 Å². The molecule has 0 radical (unpaired) electrons. The summed E-state index contributed by atoms with van der Waals surface area (Å²) in [5.41, 5.74) is 0.